The van der Waals surface area contributed by atoms with Crippen molar-refractivity contribution in [3.63, 3.8) is 0 Å². The molecule has 0 aromatic carbocycles. The van der Waals surface area contributed by atoms with Crippen LogP contribution in [0.4, 0.5) is 0 Å². The molecule has 1 aliphatic rings. The van der Waals surface area contributed by atoms with Gasteiger partial charge in [0.15, 0.2) is 0 Å². The van der Waals surface area contributed by atoms with Crippen molar-refractivity contribution in [1.29, 1.82) is 0 Å². The van der Waals surface area contributed by atoms with E-state index in [1.807, 2.05) is 0 Å². The van der Waals surface area contributed by atoms with Crippen LogP contribution in [0.3, 0.4) is 0 Å². The van der Waals surface area contributed by atoms with Crippen molar-refractivity contribution in [2.75, 3.05) is 25.4 Å². The van der Waals surface area contributed by atoms with Crippen LogP contribution in [0.1, 0.15) is 27.2 Å². The first-order valence-electron chi connectivity index (χ1n) is 5.64. The van der Waals surface area contributed by atoms with Gasteiger partial charge in [-0.1, -0.05) is 13.3 Å². The summed E-state index contributed by atoms with van der Waals surface area (Å²) in [6.07, 6.45) is 2.00. The van der Waals surface area contributed by atoms with Crippen LogP contribution >= 0.6 is 12.6 Å². The first-order chi connectivity index (χ1) is 6.65. The summed E-state index contributed by atoms with van der Waals surface area (Å²) in [6.45, 7) is 9.89. The topological polar surface area (TPSA) is 12.5 Å². The van der Waals surface area contributed by atoms with Gasteiger partial charge < -0.3 is 4.74 Å². The molecule has 1 unspecified atom stereocenters. The first-order valence-corrected chi connectivity index (χ1v) is 6.27. The molecule has 0 spiro atoms. The van der Waals surface area contributed by atoms with Gasteiger partial charge in [-0.3, -0.25) is 4.90 Å². The zero-order valence-corrected chi connectivity index (χ0v) is 10.5. The van der Waals surface area contributed by atoms with E-state index in [1.54, 1.807) is 0 Å². The maximum absolute atomic E-state index is 5.70. The molecule has 2 nitrogen and oxygen atoms in total. The average molecular weight is 217 g/mol. The van der Waals surface area contributed by atoms with Crippen LogP contribution in [0.15, 0.2) is 0 Å². The Labute approximate surface area is 93.4 Å². The zero-order chi connectivity index (χ0) is 10.6. The van der Waals surface area contributed by atoms with Crippen LogP contribution in [0, 0.1) is 5.92 Å². The van der Waals surface area contributed by atoms with Crippen molar-refractivity contribution in [3.05, 3.63) is 0 Å². The lowest BCUT2D eigenvalue weighted by atomic mass is 10.1. The Morgan fingerprint density at radius 2 is 1.93 bits per heavy atom. The molecule has 0 N–H and O–H groups in total. The van der Waals surface area contributed by atoms with Gasteiger partial charge in [-0.2, -0.15) is 12.6 Å². The van der Waals surface area contributed by atoms with Crippen molar-refractivity contribution < 1.29 is 4.74 Å². The molecular formula is C11H23NOS. The third-order valence-electron chi connectivity index (χ3n) is 2.85. The summed E-state index contributed by atoms with van der Waals surface area (Å²) in [5, 5.41) is 0. The van der Waals surface area contributed by atoms with Gasteiger partial charge in [0.1, 0.15) is 0 Å². The van der Waals surface area contributed by atoms with Gasteiger partial charge in [-0.25, -0.2) is 0 Å². The Morgan fingerprint density at radius 1 is 1.36 bits per heavy atom. The average Bonchev–Trinajstić information content (AvgIpc) is 2.12. The van der Waals surface area contributed by atoms with Crippen molar-refractivity contribution in [1.82, 2.24) is 4.90 Å². The molecule has 1 saturated heterocycles. The number of morpholine rings is 1. The third-order valence-corrected chi connectivity index (χ3v) is 3.36. The Bertz CT molecular complexity index is 151. The molecule has 0 aromatic rings. The summed E-state index contributed by atoms with van der Waals surface area (Å²) in [7, 11) is 0. The normalized spacial score (nSPS) is 31.7. The minimum absolute atomic E-state index is 0.385. The standard InChI is InChI=1S/C11H23NOS/c1-4-11(8-14)7-12-5-9(2)13-10(3)6-12/h9-11,14H,4-8H2,1-3H3/t9-,10+,11?. The molecule has 1 rings (SSSR count). The second-order valence-corrected chi connectivity index (χ2v) is 4.80. The monoisotopic (exact) mass is 217 g/mol. The van der Waals surface area contributed by atoms with Crippen LogP contribution in [0.2, 0.25) is 0 Å². The van der Waals surface area contributed by atoms with Crippen molar-refractivity contribution in [3.8, 4) is 0 Å². The van der Waals surface area contributed by atoms with Crippen molar-refractivity contribution in [2.45, 2.75) is 39.4 Å². The lowest BCUT2D eigenvalue weighted by Gasteiger charge is -2.36. The molecule has 0 radical (unpaired) electrons. The summed E-state index contributed by atoms with van der Waals surface area (Å²) in [4.78, 5) is 2.52. The van der Waals surface area contributed by atoms with Gasteiger partial charge >= 0.3 is 0 Å². The summed E-state index contributed by atoms with van der Waals surface area (Å²) in [6, 6.07) is 0. The maximum Gasteiger partial charge on any atom is 0.0678 e. The highest BCUT2D eigenvalue weighted by Crippen LogP contribution is 2.14. The molecule has 3 heteroatoms. The smallest absolute Gasteiger partial charge is 0.0678 e. The minimum atomic E-state index is 0.385. The Hall–Kier alpha value is 0.270. The van der Waals surface area contributed by atoms with Crippen molar-refractivity contribution >= 4 is 12.6 Å². The Morgan fingerprint density at radius 3 is 2.36 bits per heavy atom. The SMILES string of the molecule is CCC(CS)CN1C[C@@H](C)O[C@@H](C)C1. The predicted molar refractivity (Wildman–Crippen MR) is 64.1 cm³/mol. The van der Waals surface area contributed by atoms with E-state index < -0.39 is 0 Å². The van der Waals surface area contributed by atoms with Crippen LogP contribution in [-0.4, -0.2) is 42.5 Å². The zero-order valence-electron chi connectivity index (χ0n) is 9.57. The van der Waals surface area contributed by atoms with Gasteiger partial charge in [0.05, 0.1) is 12.2 Å². The molecule has 1 fully saturated rings. The molecule has 0 aromatic heterocycles. The van der Waals surface area contributed by atoms with Crippen molar-refractivity contribution in [2.24, 2.45) is 5.92 Å². The number of rotatable bonds is 4. The van der Waals surface area contributed by atoms with E-state index in [1.165, 1.54) is 13.0 Å². The van der Waals surface area contributed by atoms with E-state index in [0.29, 0.717) is 12.2 Å². The second kappa shape index (κ2) is 5.99. The van der Waals surface area contributed by atoms with Crippen LogP contribution in [0.25, 0.3) is 0 Å². The minimum Gasteiger partial charge on any atom is -0.373 e. The van der Waals surface area contributed by atoms with Crippen LogP contribution in [0.5, 0.6) is 0 Å². The van der Waals surface area contributed by atoms with E-state index in [2.05, 4.69) is 38.3 Å². The lowest BCUT2D eigenvalue weighted by Crippen LogP contribution is -2.47. The number of thiol groups is 1. The quantitative estimate of drug-likeness (QED) is 0.724. The number of nitrogens with zero attached hydrogens (tertiary/aromatic N) is 1. The number of hydrogen-bond donors (Lipinski definition) is 1. The molecule has 1 heterocycles. The molecule has 0 bridgehead atoms. The highest BCUT2D eigenvalue weighted by molar-refractivity contribution is 7.80. The van der Waals surface area contributed by atoms with Crippen LogP contribution < -0.4 is 0 Å². The van der Waals surface area contributed by atoms with Gasteiger partial charge in [0.2, 0.25) is 0 Å². The number of hydrogen-bond acceptors (Lipinski definition) is 3. The van der Waals surface area contributed by atoms with Gasteiger partial charge in [-0.15, -0.1) is 0 Å². The van der Waals surface area contributed by atoms with E-state index in [4.69, 9.17) is 4.74 Å². The van der Waals surface area contributed by atoms with E-state index in [-0.39, 0.29) is 0 Å². The fraction of sp³-hybridized carbons (Fsp3) is 1.00. The first kappa shape index (κ1) is 12.3. The number of ether oxygens (including phenoxy) is 1. The molecule has 3 atom stereocenters. The molecule has 0 amide bonds. The van der Waals surface area contributed by atoms with Gasteiger partial charge in [0, 0.05) is 19.6 Å². The van der Waals surface area contributed by atoms with Crippen LogP contribution in [-0.2, 0) is 4.74 Å². The molecule has 1 aliphatic heterocycles. The van der Waals surface area contributed by atoms with Gasteiger partial charge in [-0.05, 0) is 25.5 Å². The second-order valence-electron chi connectivity index (χ2n) is 4.43. The summed E-state index contributed by atoms with van der Waals surface area (Å²) in [5.41, 5.74) is 0. The predicted octanol–water partition coefficient (Wildman–Crippen LogP) is 2.05. The summed E-state index contributed by atoms with van der Waals surface area (Å²) >= 11 is 4.38. The Kier molecular flexibility index (Phi) is 5.28. The molecule has 14 heavy (non-hydrogen) atoms. The summed E-state index contributed by atoms with van der Waals surface area (Å²) < 4.78 is 5.70. The largest absolute Gasteiger partial charge is 0.373 e. The molecular weight excluding hydrogens is 194 g/mol. The third kappa shape index (κ3) is 3.79. The van der Waals surface area contributed by atoms with E-state index in [9.17, 15) is 0 Å². The fourth-order valence-electron chi connectivity index (χ4n) is 2.11. The fourth-order valence-corrected chi connectivity index (χ4v) is 2.49. The van der Waals surface area contributed by atoms with E-state index in [0.717, 1.165) is 24.8 Å². The highest BCUT2D eigenvalue weighted by atomic mass is 32.1. The Balaban J connectivity index is 2.35. The highest BCUT2D eigenvalue weighted by Gasteiger charge is 2.23. The maximum atomic E-state index is 5.70. The van der Waals surface area contributed by atoms with E-state index >= 15 is 0 Å². The lowest BCUT2D eigenvalue weighted by molar-refractivity contribution is -0.0708. The summed E-state index contributed by atoms with van der Waals surface area (Å²) in [5.74, 6) is 1.73. The molecule has 0 saturated carbocycles. The molecule has 0 aliphatic carbocycles. The van der Waals surface area contributed by atoms with Gasteiger partial charge in [0.25, 0.3) is 0 Å². The molecule has 84 valence electrons.